The van der Waals surface area contributed by atoms with Gasteiger partial charge in [-0.25, -0.2) is 0 Å². The topological polar surface area (TPSA) is 66.8 Å². The Morgan fingerprint density at radius 2 is 1.54 bits per heavy atom. The summed E-state index contributed by atoms with van der Waals surface area (Å²) >= 11 is 0. The summed E-state index contributed by atoms with van der Waals surface area (Å²) in [5.74, 6) is 0.750. The van der Waals surface area contributed by atoms with Crippen LogP contribution < -0.4 is 10.3 Å². The summed E-state index contributed by atoms with van der Waals surface area (Å²) in [6, 6.07) is 10.7. The lowest BCUT2D eigenvalue weighted by Crippen LogP contribution is -2.21. The Morgan fingerprint density at radius 1 is 0.962 bits per heavy atom. The zero-order valence-corrected chi connectivity index (χ0v) is 16.7. The van der Waals surface area contributed by atoms with Crippen molar-refractivity contribution in [1.82, 2.24) is 4.57 Å². The maximum absolute atomic E-state index is 13.0. The van der Waals surface area contributed by atoms with Gasteiger partial charge in [-0.3, -0.25) is 9.36 Å². The van der Waals surface area contributed by atoms with Gasteiger partial charge in [-0.1, -0.05) is 12.1 Å². The van der Waals surface area contributed by atoms with Crippen molar-refractivity contribution in [2.45, 2.75) is 46.2 Å². The number of ether oxygens (including phenoxy) is 1. The molecular formula is C19H26NO5P. The Balaban J connectivity index is 2.27. The van der Waals surface area contributed by atoms with E-state index in [9.17, 15) is 9.36 Å². The highest BCUT2D eigenvalue weighted by Crippen LogP contribution is 2.51. The van der Waals surface area contributed by atoms with Gasteiger partial charge in [0.2, 0.25) is 0 Å². The van der Waals surface area contributed by atoms with Gasteiger partial charge in [-0.15, -0.1) is 0 Å². The van der Waals surface area contributed by atoms with Crippen LogP contribution in [0.1, 0.15) is 27.7 Å². The van der Waals surface area contributed by atoms with Crippen LogP contribution in [0.15, 0.2) is 47.4 Å². The van der Waals surface area contributed by atoms with Gasteiger partial charge in [0.1, 0.15) is 12.0 Å². The lowest BCUT2D eigenvalue weighted by atomic mass is 10.1. The van der Waals surface area contributed by atoms with Crippen LogP contribution in [0, 0.1) is 0 Å². The lowest BCUT2D eigenvalue weighted by molar-refractivity contribution is 0.138. The van der Waals surface area contributed by atoms with Gasteiger partial charge in [-0.05, 0) is 57.0 Å². The summed E-state index contributed by atoms with van der Waals surface area (Å²) in [6.45, 7) is 7.13. The summed E-state index contributed by atoms with van der Waals surface area (Å²) in [5, 5.41) is 0. The average molecular weight is 379 g/mol. The molecule has 1 heterocycles. The molecule has 0 bridgehead atoms. The van der Waals surface area contributed by atoms with E-state index in [1.165, 1.54) is 10.6 Å². The second-order valence-electron chi connectivity index (χ2n) is 6.51. The molecule has 6 nitrogen and oxygen atoms in total. The van der Waals surface area contributed by atoms with Crippen molar-refractivity contribution < 1.29 is 18.3 Å². The molecule has 142 valence electrons. The van der Waals surface area contributed by atoms with E-state index < -0.39 is 7.60 Å². The molecule has 0 atom stereocenters. The van der Waals surface area contributed by atoms with Gasteiger partial charge in [0.25, 0.3) is 5.56 Å². The Hall–Kier alpha value is -1.88. The molecule has 2 aromatic rings. The zero-order valence-electron chi connectivity index (χ0n) is 15.8. The van der Waals surface area contributed by atoms with Crippen LogP contribution in [0.25, 0.3) is 11.1 Å². The Kier molecular flexibility index (Phi) is 6.81. The van der Waals surface area contributed by atoms with Crippen molar-refractivity contribution in [3.05, 3.63) is 52.9 Å². The standard InChI is InChI=1S/C19H26NO5P/c1-14(2)24-26(22,25-15(3)4)13-20-11-10-17(12-19(20)21)16-6-8-18(23-5)9-7-16/h6-12,14-15H,13H2,1-5H3. The molecule has 0 amide bonds. The van der Waals surface area contributed by atoms with Gasteiger partial charge < -0.3 is 18.4 Å². The third-order valence-electron chi connectivity index (χ3n) is 3.49. The molecule has 0 saturated heterocycles. The van der Waals surface area contributed by atoms with Crippen LogP contribution in [0.3, 0.4) is 0 Å². The van der Waals surface area contributed by atoms with Crippen molar-refractivity contribution in [3.63, 3.8) is 0 Å². The first-order valence-corrected chi connectivity index (χ1v) is 10.3. The first-order valence-electron chi connectivity index (χ1n) is 8.53. The van der Waals surface area contributed by atoms with Crippen molar-refractivity contribution in [2.75, 3.05) is 7.11 Å². The molecule has 0 unspecified atom stereocenters. The zero-order chi connectivity index (χ0) is 19.3. The fourth-order valence-electron chi connectivity index (χ4n) is 2.51. The van der Waals surface area contributed by atoms with Crippen LogP contribution in [0.4, 0.5) is 0 Å². The van der Waals surface area contributed by atoms with E-state index in [0.717, 1.165) is 16.9 Å². The van der Waals surface area contributed by atoms with Crippen LogP contribution in [-0.2, 0) is 19.9 Å². The third kappa shape index (κ3) is 5.56. The Bertz CT molecular complexity index is 813. The summed E-state index contributed by atoms with van der Waals surface area (Å²) < 4.78 is 30.5. The smallest absolute Gasteiger partial charge is 0.350 e. The van der Waals surface area contributed by atoms with Crippen LogP contribution in [0.2, 0.25) is 0 Å². The number of hydrogen-bond donors (Lipinski definition) is 0. The second-order valence-corrected chi connectivity index (χ2v) is 8.44. The lowest BCUT2D eigenvalue weighted by Gasteiger charge is -2.23. The number of methoxy groups -OCH3 is 1. The quantitative estimate of drug-likeness (QED) is 0.631. The largest absolute Gasteiger partial charge is 0.497 e. The Morgan fingerprint density at radius 3 is 2.00 bits per heavy atom. The number of hydrogen-bond acceptors (Lipinski definition) is 5. The minimum absolute atomic E-state index is 0.120. The Labute approximate surface area is 154 Å². The molecule has 0 aliphatic heterocycles. The summed E-state index contributed by atoms with van der Waals surface area (Å²) in [5.41, 5.74) is 1.41. The number of aromatic nitrogens is 1. The minimum atomic E-state index is -3.43. The van der Waals surface area contributed by atoms with Crippen LogP contribution in [-0.4, -0.2) is 23.9 Å². The molecule has 0 fully saturated rings. The van der Waals surface area contributed by atoms with Crippen molar-refractivity contribution in [1.29, 1.82) is 0 Å². The van der Waals surface area contributed by atoms with Crippen LogP contribution >= 0.6 is 7.60 Å². The first-order chi connectivity index (χ1) is 12.2. The van der Waals surface area contributed by atoms with E-state index >= 15 is 0 Å². The maximum Gasteiger partial charge on any atom is 0.350 e. The summed E-state index contributed by atoms with van der Waals surface area (Å²) in [7, 11) is -1.83. The number of benzene rings is 1. The highest BCUT2D eigenvalue weighted by molar-refractivity contribution is 7.52. The number of nitrogens with zero attached hydrogens (tertiary/aromatic N) is 1. The summed E-state index contributed by atoms with van der Waals surface area (Å²) in [6.07, 6.45) is 0.954. The first kappa shape index (κ1) is 20.4. The van der Waals surface area contributed by atoms with Crippen molar-refractivity contribution >= 4 is 7.60 Å². The molecule has 7 heteroatoms. The molecule has 0 aliphatic rings. The molecule has 2 rings (SSSR count). The predicted molar refractivity (Wildman–Crippen MR) is 103 cm³/mol. The predicted octanol–water partition coefficient (Wildman–Crippen LogP) is 4.52. The molecule has 1 aromatic carbocycles. The fourth-order valence-corrected chi connectivity index (χ4v) is 4.58. The van der Waals surface area contributed by atoms with Crippen molar-refractivity contribution in [3.8, 4) is 16.9 Å². The van der Waals surface area contributed by atoms with Gasteiger partial charge in [0.15, 0.2) is 0 Å². The molecule has 0 saturated carbocycles. The normalized spacial score (nSPS) is 12.0. The van der Waals surface area contributed by atoms with E-state index in [2.05, 4.69) is 0 Å². The van der Waals surface area contributed by atoms with Gasteiger partial charge in [0.05, 0.1) is 19.3 Å². The highest BCUT2D eigenvalue weighted by Gasteiger charge is 2.28. The molecular weight excluding hydrogens is 353 g/mol. The minimum Gasteiger partial charge on any atom is -0.497 e. The van der Waals surface area contributed by atoms with Crippen molar-refractivity contribution in [2.24, 2.45) is 0 Å². The third-order valence-corrected chi connectivity index (χ3v) is 5.62. The second kappa shape index (κ2) is 8.67. The highest BCUT2D eigenvalue weighted by atomic mass is 31.2. The van der Waals surface area contributed by atoms with Crippen LogP contribution in [0.5, 0.6) is 5.75 Å². The van der Waals surface area contributed by atoms with E-state index in [0.29, 0.717) is 0 Å². The molecule has 0 spiro atoms. The molecule has 0 aliphatic carbocycles. The van der Waals surface area contributed by atoms with E-state index in [-0.39, 0.29) is 24.1 Å². The monoisotopic (exact) mass is 379 g/mol. The molecule has 26 heavy (non-hydrogen) atoms. The van der Waals surface area contributed by atoms with Gasteiger partial charge in [0, 0.05) is 12.3 Å². The SMILES string of the molecule is COc1ccc(-c2ccn(CP(=O)(OC(C)C)OC(C)C)c(=O)c2)cc1. The number of pyridine rings is 1. The molecule has 0 N–H and O–H groups in total. The number of rotatable bonds is 8. The molecule has 0 radical (unpaired) electrons. The van der Waals surface area contributed by atoms with E-state index in [1.54, 1.807) is 47.1 Å². The summed E-state index contributed by atoms with van der Waals surface area (Å²) in [4.78, 5) is 12.5. The average Bonchev–Trinajstić information content (AvgIpc) is 2.55. The van der Waals surface area contributed by atoms with E-state index in [4.69, 9.17) is 13.8 Å². The van der Waals surface area contributed by atoms with Gasteiger partial charge >= 0.3 is 7.60 Å². The maximum atomic E-state index is 13.0. The fraction of sp³-hybridized carbons (Fsp3) is 0.421. The van der Waals surface area contributed by atoms with E-state index in [1.807, 2.05) is 24.3 Å². The van der Waals surface area contributed by atoms with Gasteiger partial charge in [-0.2, -0.15) is 0 Å². The molecule has 1 aromatic heterocycles.